The largest absolute Gasteiger partial charge is 0.326 e. The standard InChI is InChI=1S/C18H25N3O2/c1-13-7-9-15(10-8-13)19-17(22)11-12-18(23)21-20-16-6-4-3-5-14(16)2/h6-10,14,20H,3-5,11-12H2,1-2H3,(H,19,22)(H,21,23). The maximum atomic E-state index is 11.8. The van der Waals surface area contributed by atoms with Gasteiger partial charge in [-0.05, 0) is 44.2 Å². The number of hydrazine groups is 1. The Hall–Kier alpha value is -2.30. The summed E-state index contributed by atoms with van der Waals surface area (Å²) in [6, 6.07) is 7.58. The first-order valence-corrected chi connectivity index (χ1v) is 8.16. The highest BCUT2D eigenvalue weighted by molar-refractivity contribution is 5.93. The Morgan fingerprint density at radius 2 is 1.83 bits per heavy atom. The number of hydrogen-bond acceptors (Lipinski definition) is 3. The van der Waals surface area contributed by atoms with Crippen LogP contribution in [-0.2, 0) is 9.59 Å². The Morgan fingerprint density at radius 1 is 1.13 bits per heavy atom. The number of carbonyl (C=O) groups is 2. The van der Waals surface area contributed by atoms with Crippen molar-refractivity contribution in [1.29, 1.82) is 0 Å². The summed E-state index contributed by atoms with van der Waals surface area (Å²) in [6.07, 6.45) is 5.82. The molecule has 2 rings (SSSR count). The molecule has 0 radical (unpaired) electrons. The molecule has 1 aliphatic carbocycles. The van der Waals surface area contributed by atoms with Crippen LogP contribution >= 0.6 is 0 Å². The first kappa shape index (κ1) is 17.1. The fourth-order valence-corrected chi connectivity index (χ4v) is 2.50. The number of rotatable bonds is 6. The number of anilines is 1. The van der Waals surface area contributed by atoms with Crippen LogP contribution in [0.1, 0.15) is 44.6 Å². The van der Waals surface area contributed by atoms with Gasteiger partial charge in [0.1, 0.15) is 0 Å². The third kappa shape index (κ3) is 5.77. The van der Waals surface area contributed by atoms with E-state index >= 15 is 0 Å². The second-order valence-electron chi connectivity index (χ2n) is 6.08. The van der Waals surface area contributed by atoms with E-state index in [0.717, 1.165) is 29.8 Å². The van der Waals surface area contributed by atoms with Gasteiger partial charge in [0.2, 0.25) is 11.8 Å². The molecule has 0 bridgehead atoms. The summed E-state index contributed by atoms with van der Waals surface area (Å²) >= 11 is 0. The molecule has 2 amide bonds. The van der Waals surface area contributed by atoms with Crippen molar-refractivity contribution in [2.75, 3.05) is 5.32 Å². The topological polar surface area (TPSA) is 70.2 Å². The summed E-state index contributed by atoms with van der Waals surface area (Å²) in [5.41, 5.74) is 8.61. The Labute approximate surface area is 137 Å². The molecule has 0 heterocycles. The average molecular weight is 315 g/mol. The molecule has 1 aliphatic rings. The Morgan fingerprint density at radius 3 is 2.52 bits per heavy atom. The van der Waals surface area contributed by atoms with Crippen molar-refractivity contribution in [3.05, 3.63) is 41.6 Å². The van der Waals surface area contributed by atoms with E-state index in [1.54, 1.807) is 0 Å². The number of benzene rings is 1. The average Bonchev–Trinajstić information content (AvgIpc) is 2.54. The van der Waals surface area contributed by atoms with Gasteiger partial charge in [-0.15, -0.1) is 0 Å². The molecule has 0 aromatic heterocycles. The van der Waals surface area contributed by atoms with Crippen molar-refractivity contribution in [2.45, 2.75) is 46.0 Å². The molecule has 1 aromatic rings. The van der Waals surface area contributed by atoms with Gasteiger partial charge in [0, 0.05) is 24.2 Å². The Balaban J connectivity index is 1.68. The van der Waals surface area contributed by atoms with Gasteiger partial charge in [0.25, 0.3) is 0 Å². The highest BCUT2D eigenvalue weighted by Gasteiger charge is 2.13. The lowest BCUT2D eigenvalue weighted by Crippen LogP contribution is -2.39. The van der Waals surface area contributed by atoms with Crippen LogP contribution in [0.2, 0.25) is 0 Å². The number of allylic oxidation sites excluding steroid dienone is 2. The lowest BCUT2D eigenvalue weighted by atomic mass is 9.94. The minimum atomic E-state index is -0.178. The normalized spacial score (nSPS) is 17.1. The molecule has 0 saturated carbocycles. The number of aryl methyl sites for hydroxylation is 1. The van der Waals surface area contributed by atoms with Gasteiger partial charge in [-0.1, -0.05) is 30.7 Å². The monoisotopic (exact) mass is 315 g/mol. The summed E-state index contributed by atoms with van der Waals surface area (Å²) in [5, 5.41) is 2.79. The Bertz CT molecular complexity index is 578. The molecule has 5 heteroatoms. The highest BCUT2D eigenvalue weighted by Crippen LogP contribution is 2.21. The molecule has 1 aromatic carbocycles. The first-order chi connectivity index (χ1) is 11.0. The molecule has 5 nitrogen and oxygen atoms in total. The molecular weight excluding hydrogens is 290 g/mol. The first-order valence-electron chi connectivity index (χ1n) is 8.16. The van der Waals surface area contributed by atoms with Gasteiger partial charge in [-0.2, -0.15) is 0 Å². The molecule has 23 heavy (non-hydrogen) atoms. The second kappa shape index (κ2) is 8.36. The lowest BCUT2D eigenvalue weighted by Gasteiger charge is -2.22. The third-order valence-electron chi connectivity index (χ3n) is 4.00. The van der Waals surface area contributed by atoms with E-state index in [1.807, 2.05) is 31.2 Å². The maximum Gasteiger partial charge on any atom is 0.238 e. The summed E-state index contributed by atoms with van der Waals surface area (Å²) < 4.78 is 0. The van der Waals surface area contributed by atoms with E-state index in [2.05, 4.69) is 29.2 Å². The van der Waals surface area contributed by atoms with Crippen molar-refractivity contribution in [3.63, 3.8) is 0 Å². The van der Waals surface area contributed by atoms with Crippen LogP contribution in [0, 0.1) is 12.8 Å². The third-order valence-corrected chi connectivity index (χ3v) is 4.00. The maximum absolute atomic E-state index is 11.8. The van der Waals surface area contributed by atoms with E-state index < -0.39 is 0 Å². The van der Waals surface area contributed by atoms with Crippen LogP contribution in [0.5, 0.6) is 0 Å². The quantitative estimate of drug-likeness (QED) is 0.707. The summed E-state index contributed by atoms with van der Waals surface area (Å²) in [4.78, 5) is 23.7. The van der Waals surface area contributed by atoms with Crippen molar-refractivity contribution in [3.8, 4) is 0 Å². The van der Waals surface area contributed by atoms with E-state index in [0.29, 0.717) is 5.92 Å². The molecule has 1 unspecified atom stereocenters. The smallest absolute Gasteiger partial charge is 0.238 e. The number of nitrogens with one attached hydrogen (secondary N) is 3. The van der Waals surface area contributed by atoms with Crippen molar-refractivity contribution >= 4 is 17.5 Å². The van der Waals surface area contributed by atoms with Crippen molar-refractivity contribution in [1.82, 2.24) is 10.9 Å². The molecule has 0 aliphatic heterocycles. The fraction of sp³-hybridized carbons (Fsp3) is 0.444. The van der Waals surface area contributed by atoms with Gasteiger partial charge < -0.3 is 10.7 Å². The SMILES string of the molecule is Cc1ccc(NC(=O)CCC(=O)NNC2=CCCCC2C)cc1. The van der Waals surface area contributed by atoms with Crippen molar-refractivity contribution < 1.29 is 9.59 Å². The van der Waals surface area contributed by atoms with Gasteiger partial charge in [-0.25, -0.2) is 0 Å². The van der Waals surface area contributed by atoms with E-state index in [-0.39, 0.29) is 24.7 Å². The van der Waals surface area contributed by atoms with Crippen LogP contribution < -0.4 is 16.2 Å². The number of hydrogen-bond donors (Lipinski definition) is 3. The van der Waals surface area contributed by atoms with Crippen molar-refractivity contribution in [2.24, 2.45) is 5.92 Å². The molecule has 0 spiro atoms. The lowest BCUT2D eigenvalue weighted by molar-refractivity contribution is -0.125. The van der Waals surface area contributed by atoms with Gasteiger partial charge in [0.05, 0.1) is 0 Å². The van der Waals surface area contributed by atoms with Crippen LogP contribution in [0.3, 0.4) is 0 Å². The van der Waals surface area contributed by atoms with E-state index in [1.165, 1.54) is 6.42 Å². The van der Waals surface area contributed by atoms with Gasteiger partial charge >= 0.3 is 0 Å². The molecule has 1 atom stereocenters. The zero-order valence-electron chi connectivity index (χ0n) is 13.8. The van der Waals surface area contributed by atoms with Crippen LogP contribution in [0.25, 0.3) is 0 Å². The number of amides is 2. The summed E-state index contributed by atoms with van der Waals surface area (Å²) in [7, 11) is 0. The summed E-state index contributed by atoms with van der Waals surface area (Å²) in [5.74, 6) is 0.103. The minimum Gasteiger partial charge on any atom is -0.326 e. The zero-order chi connectivity index (χ0) is 16.7. The highest BCUT2D eigenvalue weighted by atomic mass is 16.2. The van der Waals surface area contributed by atoms with E-state index in [9.17, 15) is 9.59 Å². The van der Waals surface area contributed by atoms with Crippen LogP contribution in [0.4, 0.5) is 5.69 Å². The molecular formula is C18H25N3O2. The van der Waals surface area contributed by atoms with Crippen LogP contribution in [-0.4, -0.2) is 11.8 Å². The predicted octanol–water partition coefficient (Wildman–Crippen LogP) is 3.04. The van der Waals surface area contributed by atoms with E-state index in [4.69, 9.17) is 0 Å². The summed E-state index contributed by atoms with van der Waals surface area (Å²) in [6.45, 7) is 4.13. The van der Waals surface area contributed by atoms with Crippen LogP contribution in [0.15, 0.2) is 36.0 Å². The minimum absolute atomic E-state index is 0.158. The van der Waals surface area contributed by atoms with Gasteiger partial charge in [0.15, 0.2) is 0 Å². The molecule has 0 fully saturated rings. The second-order valence-corrected chi connectivity index (χ2v) is 6.08. The number of carbonyl (C=O) groups excluding carboxylic acids is 2. The molecule has 124 valence electrons. The zero-order valence-corrected chi connectivity index (χ0v) is 13.8. The predicted molar refractivity (Wildman–Crippen MR) is 91.4 cm³/mol. The fourth-order valence-electron chi connectivity index (χ4n) is 2.50. The van der Waals surface area contributed by atoms with Gasteiger partial charge in [-0.3, -0.25) is 15.0 Å². The Kier molecular flexibility index (Phi) is 6.20. The molecule has 3 N–H and O–H groups in total. The molecule has 0 saturated heterocycles.